The number of ether oxygens (including phenoxy) is 1. The van der Waals surface area contributed by atoms with E-state index in [1.54, 1.807) is 18.2 Å². The molecule has 0 N–H and O–H groups in total. The molecular weight excluding hydrogens is 405 g/mol. The normalized spacial score (nSPS) is 10.6. The van der Waals surface area contributed by atoms with Crippen molar-refractivity contribution in [3.63, 3.8) is 0 Å². The van der Waals surface area contributed by atoms with Crippen molar-refractivity contribution >= 4 is 43.5 Å². The molecule has 0 amide bonds. The van der Waals surface area contributed by atoms with Crippen LogP contribution in [0.15, 0.2) is 39.3 Å². The third kappa shape index (κ3) is 3.46. The second kappa shape index (κ2) is 6.20. The summed E-state index contributed by atoms with van der Waals surface area (Å²) in [5.41, 5.74) is -0.148. The van der Waals surface area contributed by atoms with Crippen LogP contribution in [0.5, 0.6) is 5.75 Å². The smallest absolute Gasteiger partial charge is 0.146 e. The fourth-order valence-corrected chi connectivity index (χ4v) is 2.32. The number of rotatable bonds is 3. The summed E-state index contributed by atoms with van der Waals surface area (Å²) in [6.45, 7) is -0.243. The Bertz CT molecular complexity index is 620. The molecule has 0 saturated heterocycles. The van der Waals surface area contributed by atoms with Gasteiger partial charge in [0.1, 0.15) is 24.0 Å². The molecule has 100 valence electrons. The minimum atomic E-state index is -0.675. The standard InChI is InChI=1S/C13H7Br2ClF2O/c14-7-1-3-10(16)12(5-7)19-6-8-11(17)4-2-9(15)13(8)18/h1-5H,6H2. The van der Waals surface area contributed by atoms with Crippen LogP contribution in [-0.2, 0) is 6.61 Å². The predicted molar refractivity (Wildman–Crippen MR) is 77.5 cm³/mol. The van der Waals surface area contributed by atoms with Crippen LogP contribution in [0, 0.1) is 11.6 Å². The first-order valence-electron chi connectivity index (χ1n) is 5.19. The van der Waals surface area contributed by atoms with E-state index in [0.29, 0.717) is 10.8 Å². The minimum Gasteiger partial charge on any atom is -0.487 e. The van der Waals surface area contributed by atoms with Gasteiger partial charge in [0.2, 0.25) is 0 Å². The van der Waals surface area contributed by atoms with Crippen LogP contribution in [0.1, 0.15) is 5.56 Å². The maximum Gasteiger partial charge on any atom is 0.146 e. The zero-order chi connectivity index (χ0) is 14.0. The average molecular weight is 412 g/mol. The molecule has 0 unspecified atom stereocenters. The summed E-state index contributed by atoms with van der Waals surface area (Å²) in [6, 6.07) is 7.49. The van der Waals surface area contributed by atoms with Crippen LogP contribution in [-0.4, -0.2) is 0 Å². The van der Waals surface area contributed by atoms with E-state index in [4.69, 9.17) is 16.3 Å². The topological polar surface area (TPSA) is 9.23 Å². The third-order valence-electron chi connectivity index (χ3n) is 2.40. The molecule has 0 fully saturated rings. The Labute approximate surface area is 130 Å². The van der Waals surface area contributed by atoms with Gasteiger partial charge in [-0.15, -0.1) is 0 Å². The molecule has 1 nitrogen and oxygen atoms in total. The highest BCUT2D eigenvalue weighted by Gasteiger charge is 2.13. The van der Waals surface area contributed by atoms with Crippen LogP contribution in [0.3, 0.4) is 0 Å². The molecule has 2 aromatic carbocycles. The largest absolute Gasteiger partial charge is 0.487 e. The average Bonchev–Trinajstić information content (AvgIpc) is 2.38. The van der Waals surface area contributed by atoms with Gasteiger partial charge in [0.05, 0.1) is 15.1 Å². The van der Waals surface area contributed by atoms with E-state index in [1.807, 2.05) is 0 Å². The van der Waals surface area contributed by atoms with E-state index < -0.39 is 11.6 Å². The van der Waals surface area contributed by atoms with Crippen molar-refractivity contribution in [2.24, 2.45) is 0 Å². The van der Waals surface area contributed by atoms with Crippen molar-refractivity contribution in [3.8, 4) is 5.75 Å². The molecule has 0 heterocycles. The van der Waals surface area contributed by atoms with Crippen molar-refractivity contribution in [1.82, 2.24) is 0 Å². The Morgan fingerprint density at radius 1 is 1.11 bits per heavy atom. The number of halogens is 5. The van der Waals surface area contributed by atoms with Gasteiger partial charge < -0.3 is 4.74 Å². The monoisotopic (exact) mass is 410 g/mol. The van der Waals surface area contributed by atoms with E-state index in [9.17, 15) is 8.78 Å². The van der Waals surface area contributed by atoms with Crippen molar-refractivity contribution in [2.45, 2.75) is 6.61 Å². The Balaban J connectivity index is 2.24. The molecule has 0 saturated carbocycles. The fraction of sp³-hybridized carbons (Fsp3) is 0.0769. The summed E-state index contributed by atoms with van der Waals surface area (Å²) in [4.78, 5) is 0. The van der Waals surface area contributed by atoms with E-state index in [-0.39, 0.29) is 16.6 Å². The molecule has 0 bridgehead atoms. The first-order chi connectivity index (χ1) is 8.99. The molecule has 2 aromatic rings. The predicted octanol–water partition coefficient (Wildman–Crippen LogP) is 5.72. The lowest BCUT2D eigenvalue weighted by molar-refractivity contribution is 0.292. The third-order valence-corrected chi connectivity index (χ3v) is 3.82. The second-order valence-electron chi connectivity index (χ2n) is 3.69. The number of hydrogen-bond acceptors (Lipinski definition) is 1. The Hall–Kier alpha value is -0.650. The van der Waals surface area contributed by atoms with Gasteiger partial charge >= 0.3 is 0 Å². The summed E-state index contributed by atoms with van der Waals surface area (Å²) in [7, 11) is 0. The van der Waals surface area contributed by atoms with Gasteiger partial charge in [-0.05, 0) is 46.3 Å². The van der Waals surface area contributed by atoms with Crippen LogP contribution < -0.4 is 4.74 Å². The highest BCUT2D eigenvalue weighted by molar-refractivity contribution is 9.10. The second-order valence-corrected chi connectivity index (χ2v) is 5.86. The Morgan fingerprint density at radius 3 is 2.58 bits per heavy atom. The number of hydrogen-bond donors (Lipinski definition) is 0. The van der Waals surface area contributed by atoms with Gasteiger partial charge in [-0.2, -0.15) is 0 Å². The van der Waals surface area contributed by atoms with E-state index in [1.165, 1.54) is 12.1 Å². The van der Waals surface area contributed by atoms with Gasteiger partial charge in [-0.3, -0.25) is 0 Å². The first kappa shape index (κ1) is 14.8. The maximum atomic E-state index is 13.7. The van der Waals surface area contributed by atoms with Gasteiger partial charge in [0.25, 0.3) is 0 Å². The molecule has 0 aliphatic rings. The molecule has 0 aliphatic heterocycles. The lowest BCUT2D eigenvalue weighted by Gasteiger charge is -2.10. The maximum absolute atomic E-state index is 13.7. The molecule has 0 radical (unpaired) electrons. The lowest BCUT2D eigenvalue weighted by Crippen LogP contribution is -2.03. The van der Waals surface area contributed by atoms with E-state index >= 15 is 0 Å². The van der Waals surface area contributed by atoms with Crippen LogP contribution in [0.4, 0.5) is 8.78 Å². The SMILES string of the molecule is Fc1ccc(Br)c(F)c1COc1cc(Br)ccc1Cl. The Kier molecular flexibility index (Phi) is 4.81. The van der Waals surface area contributed by atoms with Crippen LogP contribution >= 0.6 is 43.5 Å². The van der Waals surface area contributed by atoms with E-state index in [2.05, 4.69) is 31.9 Å². The van der Waals surface area contributed by atoms with Gasteiger partial charge in [-0.1, -0.05) is 27.5 Å². The minimum absolute atomic E-state index is 0.148. The highest BCUT2D eigenvalue weighted by Crippen LogP contribution is 2.30. The first-order valence-corrected chi connectivity index (χ1v) is 7.15. The van der Waals surface area contributed by atoms with Crippen molar-refractivity contribution in [2.75, 3.05) is 0 Å². The van der Waals surface area contributed by atoms with Crippen molar-refractivity contribution < 1.29 is 13.5 Å². The quantitative estimate of drug-likeness (QED) is 0.586. The summed E-state index contributed by atoms with van der Waals surface area (Å²) >= 11 is 12.2. The highest BCUT2D eigenvalue weighted by atomic mass is 79.9. The molecule has 0 spiro atoms. The summed E-state index contributed by atoms with van der Waals surface area (Å²) in [6.07, 6.45) is 0. The zero-order valence-electron chi connectivity index (χ0n) is 9.39. The van der Waals surface area contributed by atoms with Crippen molar-refractivity contribution in [3.05, 3.63) is 61.5 Å². The molecular formula is C13H7Br2ClF2O. The Morgan fingerprint density at radius 2 is 1.84 bits per heavy atom. The molecule has 0 aliphatic carbocycles. The van der Waals surface area contributed by atoms with E-state index in [0.717, 1.165) is 4.47 Å². The molecule has 19 heavy (non-hydrogen) atoms. The molecule has 0 atom stereocenters. The molecule has 6 heteroatoms. The van der Waals surface area contributed by atoms with Gasteiger partial charge in [-0.25, -0.2) is 8.78 Å². The zero-order valence-corrected chi connectivity index (χ0v) is 13.3. The van der Waals surface area contributed by atoms with Gasteiger partial charge in [0.15, 0.2) is 0 Å². The fourth-order valence-electron chi connectivity index (χ4n) is 1.44. The number of benzene rings is 2. The van der Waals surface area contributed by atoms with Crippen LogP contribution in [0.25, 0.3) is 0 Å². The lowest BCUT2D eigenvalue weighted by atomic mass is 10.2. The summed E-state index contributed by atoms with van der Waals surface area (Å²) in [5, 5.41) is 0.374. The van der Waals surface area contributed by atoms with Crippen LogP contribution in [0.2, 0.25) is 5.02 Å². The molecule has 0 aromatic heterocycles. The molecule has 2 rings (SSSR count). The summed E-state index contributed by atoms with van der Waals surface area (Å²) < 4.78 is 33.6. The van der Waals surface area contributed by atoms with Gasteiger partial charge in [0, 0.05) is 4.47 Å². The summed E-state index contributed by atoms with van der Waals surface area (Å²) in [5.74, 6) is -0.979. The van der Waals surface area contributed by atoms with Crippen molar-refractivity contribution in [1.29, 1.82) is 0 Å².